The maximum absolute atomic E-state index is 5.94. The summed E-state index contributed by atoms with van der Waals surface area (Å²) < 4.78 is 11.3. The zero-order valence-electron chi connectivity index (χ0n) is 13.0. The van der Waals surface area contributed by atoms with Crippen LogP contribution in [0.2, 0.25) is 0 Å². The van der Waals surface area contributed by atoms with Crippen molar-refractivity contribution in [3.63, 3.8) is 0 Å². The number of hydrogen-bond acceptors (Lipinski definition) is 3. The van der Waals surface area contributed by atoms with Crippen molar-refractivity contribution in [1.82, 2.24) is 5.32 Å². The van der Waals surface area contributed by atoms with E-state index < -0.39 is 0 Å². The fourth-order valence-electron chi connectivity index (χ4n) is 1.43. The number of nitrogens with one attached hydrogen (secondary N) is 1. The molecule has 0 aliphatic rings. The molecule has 0 fully saturated rings. The monoisotopic (exact) mass is 255 g/mol. The van der Waals surface area contributed by atoms with Crippen LogP contribution in [-0.2, 0) is 9.47 Å². The van der Waals surface area contributed by atoms with Gasteiger partial charge in [0, 0.05) is 25.3 Å². The highest BCUT2D eigenvalue weighted by atomic mass is 16.5. The quantitative estimate of drug-likeness (QED) is 0.476. The highest BCUT2D eigenvalue weighted by Gasteiger charge is 2.21. The van der Waals surface area contributed by atoms with Crippen molar-refractivity contribution < 1.29 is 9.47 Å². The molecule has 2 unspecified atom stereocenters. The van der Waals surface area contributed by atoms with E-state index in [4.69, 9.17) is 9.47 Å². The topological polar surface area (TPSA) is 30.5 Å². The zero-order valence-corrected chi connectivity index (χ0v) is 13.0. The van der Waals surface area contributed by atoms with Crippen LogP contribution in [-0.4, -0.2) is 45.3 Å². The SMILES string of the molecule is BC(C)(CCNC(C)C=C)OCCC(C)(C)OC. The third-order valence-corrected chi connectivity index (χ3v) is 3.30. The Morgan fingerprint density at radius 2 is 1.94 bits per heavy atom. The van der Waals surface area contributed by atoms with Gasteiger partial charge in [-0.25, -0.2) is 0 Å². The van der Waals surface area contributed by atoms with E-state index in [9.17, 15) is 0 Å². The molecule has 0 radical (unpaired) electrons. The number of hydrogen-bond donors (Lipinski definition) is 1. The van der Waals surface area contributed by atoms with Gasteiger partial charge in [0.1, 0.15) is 7.85 Å². The summed E-state index contributed by atoms with van der Waals surface area (Å²) in [6, 6.07) is 0.355. The fourth-order valence-corrected chi connectivity index (χ4v) is 1.43. The molecular weight excluding hydrogens is 225 g/mol. The van der Waals surface area contributed by atoms with Crippen molar-refractivity contribution in [2.24, 2.45) is 0 Å². The van der Waals surface area contributed by atoms with Gasteiger partial charge in [-0.1, -0.05) is 6.08 Å². The molecule has 18 heavy (non-hydrogen) atoms. The normalized spacial score (nSPS) is 17.2. The average Bonchev–Trinajstić information content (AvgIpc) is 2.28. The van der Waals surface area contributed by atoms with Crippen LogP contribution in [0, 0.1) is 0 Å². The maximum Gasteiger partial charge on any atom is 0.142 e. The molecule has 0 aliphatic carbocycles. The Balaban J connectivity index is 3.83. The largest absolute Gasteiger partial charge is 0.384 e. The fraction of sp³-hybridized carbons (Fsp3) is 0.857. The second kappa shape index (κ2) is 7.98. The molecule has 0 rings (SSSR count). The Hall–Kier alpha value is -0.315. The van der Waals surface area contributed by atoms with Crippen molar-refractivity contribution >= 4 is 7.85 Å². The van der Waals surface area contributed by atoms with E-state index in [2.05, 4.69) is 47.4 Å². The van der Waals surface area contributed by atoms with Gasteiger partial charge in [0.05, 0.1) is 5.60 Å². The first kappa shape index (κ1) is 17.7. The van der Waals surface area contributed by atoms with Gasteiger partial charge in [-0.3, -0.25) is 0 Å². The van der Waals surface area contributed by atoms with Crippen LogP contribution in [0.15, 0.2) is 12.7 Å². The molecule has 1 N–H and O–H groups in total. The van der Waals surface area contributed by atoms with Crippen molar-refractivity contribution in [1.29, 1.82) is 0 Å². The summed E-state index contributed by atoms with van der Waals surface area (Å²) in [6.07, 6.45) is 3.80. The van der Waals surface area contributed by atoms with Crippen LogP contribution in [0.5, 0.6) is 0 Å². The molecule has 0 heterocycles. The first-order chi connectivity index (χ1) is 8.22. The third-order valence-electron chi connectivity index (χ3n) is 3.30. The van der Waals surface area contributed by atoms with Crippen LogP contribution >= 0.6 is 0 Å². The summed E-state index contributed by atoms with van der Waals surface area (Å²) in [6.45, 7) is 13.8. The van der Waals surface area contributed by atoms with E-state index in [-0.39, 0.29) is 11.1 Å². The molecule has 106 valence electrons. The highest BCUT2D eigenvalue weighted by Crippen LogP contribution is 2.16. The van der Waals surface area contributed by atoms with E-state index >= 15 is 0 Å². The van der Waals surface area contributed by atoms with Gasteiger partial charge in [0.25, 0.3) is 0 Å². The van der Waals surface area contributed by atoms with Gasteiger partial charge in [-0.15, -0.1) is 6.58 Å². The molecule has 0 bridgehead atoms. The van der Waals surface area contributed by atoms with Crippen molar-refractivity contribution in [2.75, 3.05) is 20.3 Å². The van der Waals surface area contributed by atoms with E-state index in [1.165, 1.54) is 0 Å². The van der Waals surface area contributed by atoms with E-state index in [0.29, 0.717) is 6.04 Å². The summed E-state index contributed by atoms with van der Waals surface area (Å²) in [5, 5.41) is 3.38. The average molecular weight is 255 g/mol. The van der Waals surface area contributed by atoms with Gasteiger partial charge in [-0.05, 0) is 47.1 Å². The maximum atomic E-state index is 5.94. The summed E-state index contributed by atoms with van der Waals surface area (Å²) in [5.74, 6) is 0. The molecule has 0 amide bonds. The second-order valence-corrected chi connectivity index (χ2v) is 6.05. The summed E-state index contributed by atoms with van der Waals surface area (Å²) in [5.41, 5.74) is -0.205. The highest BCUT2D eigenvalue weighted by molar-refractivity contribution is 6.14. The van der Waals surface area contributed by atoms with Crippen molar-refractivity contribution in [3.05, 3.63) is 12.7 Å². The number of ether oxygens (including phenoxy) is 2. The van der Waals surface area contributed by atoms with Crippen LogP contribution < -0.4 is 5.32 Å². The Morgan fingerprint density at radius 1 is 1.33 bits per heavy atom. The standard InChI is InChI=1S/C14H30BNO2/c1-7-12(2)16-10-8-14(5,15)18-11-9-13(3,4)17-6/h7,12,16H,1,8-11,15H2,2-6H3. The Kier molecular flexibility index (Phi) is 7.84. The van der Waals surface area contributed by atoms with Crippen LogP contribution in [0.25, 0.3) is 0 Å². The summed E-state index contributed by atoms with van der Waals surface area (Å²) in [4.78, 5) is 0. The van der Waals surface area contributed by atoms with E-state index in [1.807, 2.05) is 6.08 Å². The van der Waals surface area contributed by atoms with Gasteiger partial charge in [0.15, 0.2) is 0 Å². The minimum atomic E-state index is -0.105. The van der Waals surface area contributed by atoms with Crippen LogP contribution in [0.1, 0.15) is 40.5 Å². The summed E-state index contributed by atoms with van der Waals surface area (Å²) in [7, 11) is 3.87. The van der Waals surface area contributed by atoms with Gasteiger partial charge >= 0.3 is 0 Å². The van der Waals surface area contributed by atoms with Gasteiger partial charge in [0.2, 0.25) is 0 Å². The predicted molar refractivity (Wildman–Crippen MR) is 80.9 cm³/mol. The van der Waals surface area contributed by atoms with Crippen molar-refractivity contribution in [3.8, 4) is 0 Å². The lowest BCUT2D eigenvalue weighted by atomic mass is 9.80. The lowest BCUT2D eigenvalue weighted by Gasteiger charge is -2.29. The molecule has 0 saturated carbocycles. The summed E-state index contributed by atoms with van der Waals surface area (Å²) >= 11 is 0. The molecule has 0 spiro atoms. The van der Waals surface area contributed by atoms with Crippen molar-refractivity contribution in [2.45, 2.75) is 57.7 Å². The number of rotatable bonds is 10. The van der Waals surface area contributed by atoms with Crippen LogP contribution in [0.4, 0.5) is 0 Å². The molecule has 0 saturated heterocycles. The van der Waals surface area contributed by atoms with Crippen LogP contribution in [0.3, 0.4) is 0 Å². The zero-order chi connectivity index (χ0) is 14.2. The Labute approximate surface area is 114 Å². The predicted octanol–water partition coefficient (Wildman–Crippen LogP) is 1.72. The smallest absolute Gasteiger partial charge is 0.142 e. The minimum absolute atomic E-state index is 0.0995. The molecule has 0 aliphatic heterocycles. The lowest BCUT2D eigenvalue weighted by Crippen LogP contribution is -2.37. The second-order valence-electron chi connectivity index (χ2n) is 6.05. The molecule has 0 aromatic rings. The molecule has 0 aromatic carbocycles. The van der Waals surface area contributed by atoms with Gasteiger partial charge < -0.3 is 14.8 Å². The third kappa shape index (κ3) is 8.73. The number of methoxy groups -OCH3 is 1. The molecular formula is C14H30BNO2. The molecule has 4 heteroatoms. The first-order valence-corrected chi connectivity index (χ1v) is 6.77. The first-order valence-electron chi connectivity index (χ1n) is 6.77. The Morgan fingerprint density at radius 3 is 2.44 bits per heavy atom. The Bertz CT molecular complexity index is 242. The van der Waals surface area contributed by atoms with Gasteiger partial charge in [-0.2, -0.15) is 0 Å². The minimum Gasteiger partial charge on any atom is -0.384 e. The molecule has 2 atom stereocenters. The molecule has 0 aromatic heterocycles. The molecule has 3 nitrogen and oxygen atoms in total. The lowest BCUT2D eigenvalue weighted by molar-refractivity contribution is -0.0363. The van der Waals surface area contributed by atoms with E-state index in [0.717, 1.165) is 26.0 Å². The van der Waals surface area contributed by atoms with E-state index in [1.54, 1.807) is 7.11 Å².